The van der Waals surface area contributed by atoms with E-state index in [-0.39, 0.29) is 48.2 Å². The van der Waals surface area contributed by atoms with E-state index >= 15 is 0 Å². The molecule has 0 rings (SSSR count). The fraction of sp³-hybridized carbons (Fsp3) is 0. The van der Waals surface area contributed by atoms with E-state index in [0.717, 1.165) is 0 Å². The first-order chi connectivity index (χ1) is 2.56. The Kier molecular flexibility index (Phi) is 7.26. The third-order valence-corrected chi connectivity index (χ3v) is 2.14. The zero-order valence-corrected chi connectivity index (χ0v) is 6.05. The summed E-state index contributed by atoms with van der Waals surface area (Å²) < 4.78 is 13.2. The second-order valence-electron chi connectivity index (χ2n) is 0.673. The molecule has 0 aromatic rings. The fourth-order valence-electron chi connectivity index (χ4n) is 0. The summed E-state index contributed by atoms with van der Waals surface area (Å²) >= 11 is 0. The number of hydrogen-bond acceptors (Lipinski definition) is 2. The third-order valence-electron chi connectivity index (χ3n) is 0.238. The van der Waals surface area contributed by atoms with E-state index in [1.54, 1.807) is 0 Å². The van der Waals surface area contributed by atoms with Gasteiger partial charge in [0.25, 0.3) is 0 Å². The third kappa shape index (κ3) is 11.3. The van der Waals surface area contributed by atoms with Crippen molar-refractivity contribution >= 4 is 56.0 Å². The molecular weight excluding hydrogens is 163 g/mol. The van der Waals surface area contributed by atoms with E-state index in [0.29, 0.717) is 0 Å². The maximum atomic E-state index is 9.51. The first-order valence-corrected chi connectivity index (χ1v) is 3.52. The van der Waals surface area contributed by atoms with Gasteiger partial charge in [0.1, 0.15) is 0 Å². The van der Waals surface area contributed by atoms with Gasteiger partial charge >= 0.3 is 45.6 Å². The number of rotatable bonds is 1. The van der Waals surface area contributed by atoms with Crippen LogP contribution in [0.15, 0.2) is 0 Å². The molecule has 7 heteroatoms. The van der Waals surface area contributed by atoms with Crippen molar-refractivity contribution in [3.63, 3.8) is 0 Å². The second kappa shape index (κ2) is 4.46. The SMILES string of the molecule is O=P(O)(O)O[SiH3].[CaH2]. The van der Waals surface area contributed by atoms with Crippen LogP contribution in [-0.2, 0) is 8.78 Å². The molecule has 0 spiro atoms. The zero-order valence-electron chi connectivity index (χ0n) is 3.16. The summed E-state index contributed by atoms with van der Waals surface area (Å²) in [5.41, 5.74) is 0. The molecule has 0 aromatic carbocycles. The molecule has 0 aromatic heterocycles. The molecule has 0 aliphatic heterocycles. The Hall–Kier alpha value is 1.59. The summed E-state index contributed by atoms with van der Waals surface area (Å²) in [7, 11) is -4.00. The Bertz CT molecular complexity index is 75.8. The average molecular weight is 170 g/mol. The summed E-state index contributed by atoms with van der Waals surface area (Å²) in [6, 6.07) is 0. The molecule has 2 N–H and O–H groups in total. The van der Waals surface area contributed by atoms with Crippen molar-refractivity contribution in [1.29, 1.82) is 0 Å². The normalized spacial score (nSPS) is 10.6. The molecule has 42 valence electrons. The minimum atomic E-state index is -4.08. The van der Waals surface area contributed by atoms with Crippen LogP contribution in [0.4, 0.5) is 0 Å². The maximum absolute atomic E-state index is 9.51. The van der Waals surface area contributed by atoms with Gasteiger partial charge in [-0.2, -0.15) is 0 Å². The Morgan fingerprint density at radius 2 is 1.71 bits per heavy atom. The van der Waals surface area contributed by atoms with Gasteiger partial charge in [0, 0.05) is 0 Å². The molecule has 0 aliphatic rings. The van der Waals surface area contributed by atoms with E-state index in [9.17, 15) is 4.57 Å². The predicted octanol–water partition coefficient (Wildman–Crippen LogP) is -2.54. The van der Waals surface area contributed by atoms with Gasteiger partial charge in [-0.1, -0.05) is 0 Å². The predicted molar refractivity (Wildman–Crippen MR) is 31.6 cm³/mol. The zero-order chi connectivity index (χ0) is 5.21. The van der Waals surface area contributed by atoms with Crippen LogP contribution in [0.25, 0.3) is 0 Å². The molecule has 0 bridgehead atoms. The van der Waals surface area contributed by atoms with E-state index in [1.807, 2.05) is 0 Å². The Morgan fingerprint density at radius 3 is 1.71 bits per heavy atom. The summed E-state index contributed by atoms with van der Waals surface area (Å²) in [6.07, 6.45) is 0. The molecule has 0 radical (unpaired) electrons. The van der Waals surface area contributed by atoms with E-state index in [1.165, 1.54) is 0 Å². The molecular formula is H7CaO4PSi. The van der Waals surface area contributed by atoms with Crippen LogP contribution in [0.1, 0.15) is 0 Å². The quantitative estimate of drug-likeness (QED) is 0.336. The second-order valence-corrected chi connectivity index (χ2v) is 3.11. The van der Waals surface area contributed by atoms with Gasteiger partial charge in [-0.15, -0.1) is 0 Å². The first-order valence-electron chi connectivity index (χ1n) is 1.17. The van der Waals surface area contributed by atoms with Crippen molar-refractivity contribution < 1.29 is 18.6 Å². The van der Waals surface area contributed by atoms with Crippen LogP contribution < -0.4 is 0 Å². The molecule has 0 atom stereocenters. The molecule has 0 amide bonds. The summed E-state index contributed by atoms with van der Waals surface area (Å²) in [6.45, 7) is 0. The van der Waals surface area contributed by atoms with Crippen LogP contribution in [0.5, 0.6) is 0 Å². The van der Waals surface area contributed by atoms with Crippen LogP contribution >= 0.6 is 7.82 Å². The van der Waals surface area contributed by atoms with Gasteiger partial charge in [0.2, 0.25) is 0 Å². The van der Waals surface area contributed by atoms with Crippen molar-refractivity contribution in [2.24, 2.45) is 0 Å². The van der Waals surface area contributed by atoms with E-state index in [4.69, 9.17) is 9.79 Å². The van der Waals surface area contributed by atoms with Crippen LogP contribution in [0, 0.1) is 0 Å². The molecule has 0 fully saturated rings. The van der Waals surface area contributed by atoms with Gasteiger partial charge in [-0.25, -0.2) is 4.57 Å². The molecule has 0 saturated heterocycles. The van der Waals surface area contributed by atoms with Crippen LogP contribution in [0.3, 0.4) is 0 Å². The van der Waals surface area contributed by atoms with Gasteiger partial charge in [-0.05, 0) is 0 Å². The summed E-state index contributed by atoms with van der Waals surface area (Å²) in [4.78, 5) is 15.5. The van der Waals surface area contributed by atoms with Crippen molar-refractivity contribution in [2.75, 3.05) is 0 Å². The van der Waals surface area contributed by atoms with Crippen molar-refractivity contribution in [3.05, 3.63) is 0 Å². The van der Waals surface area contributed by atoms with Crippen LogP contribution in [-0.4, -0.2) is 58.0 Å². The van der Waals surface area contributed by atoms with Gasteiger partial charge < -0.3 is 14.0 Å². The Balaban J connectivity index is 0. The monoisotopic (exact) mass is 170 g/mol. The molecule has 0 unspecified atom stereocenters. The molecule has 0 heterocycles. The molecule has 0 saturated carbocycles. The molecule has 4 nitrogen and oxygen atoms in total. The minimum absolute atomic E-state index is 0. The van der Waals surface area contributed by atoms with Crippen molar-refractivity contribution in [3.8, 4) is 0 Å². The van der Waals surface area contributed by atoms with E-state index in [2.05, 4.69) is 4.21 Å². The Labute approximate surface area is 74.0 Å². The fourth-order valence-corrected chi connectivity index (χ4v) is 0. The average Bonchev–Trinajstić information content (AvgIpc) is 1.35. The van der Waals surface area contributed by atoms with Crippen LogP contribution in [0.2, 0.25) is 0 Å². The number of phosphoric acid groups is 1. The van der Waals surface area contributed by atoms with Gasteiger partial charge in [-0.3, -0.25) is 0 Å². The van der Waals surface area contributed by atoms with E-state index < -0.39 is 7.82 Å². The van der Waals surface area contributed by atoms with Gasteiger partial charge in [0.15, 0.2) is 10.5 Å². The molecule has 0 aliphatic carbocycles. The van der Waals surface area contributed by atoms with Gasteiger partial charge in [0.05, 0.1) is 0 Å². The van der Waals surface area contributed by atoms with Crippen molar-refractivity contribution in [1.82, 2.24) is 0 Å². The Morgan fingerprint density at radius 1 is 1.57 bits per heavy atom. The first kappa shape index (κ1) is 11.4. The number of hydrogen-bond donors (Lipinski definition) is 2. The summed E-state index contributed by atoms with van der Waals surface area (Å²) in [5.74, 6) is 0. The van der Waals surface area contributed by atoms with Crippen molar-refractivity contribution in [2.45, 2.75) is 0 Å². The molecule has 7 heavy (non-hydrogen) atoms. The summed E-state index contributed by atoms with van der Waals surface area (Å²) in [5, 5.41) is 0. The topological polar surface area (TPSA) is 66.8 Å². The standard InChI is InChI=1S/Ca.H5O4PSi.2H/c;1-5(2,3)4-6;;/h;6H3,(H2,1,2,3);;.